The van der Waals surface area contributed by atoms with Crippen LogP contribution in [0.3, 0.4) is 0 Å². The van der Waals surface area contributed by atoms with E-state index in [1.54, 1.807) is 30.5 Å². The van der Waals surface area contributed by atoms with E-state index >= 15 is 0 Å². The second-order valence-electron chi connectivity index (χ2n) is 7.17. The third kappa shape index (κ3) is 7.01. The van der Waals surface area contributed by atoms with E-state index in [0.29, 0.717) is 24.5 Å². The molecule has 0 saturated heterocycles. The zero-order valence-electron chi connectivity index (χ0n) is 17.6. The highest BCUT2D eigenvalue weighted by Crippen LogP contribution is 2.27. The molecule has 5 nitrogen and oxygen atoms in total. The number of nitrogens with zero attached hydrogens (tertiary/aromatic N) is 1. The van der Waals surface area contributed by atoms with Crippen molar-refractivity contribution >= 4 is 17.4 Å². The summed E-state index contributed by atoms with van der Waals surface area (Å²) in [4.78, 5) is 16.3. The van der Waals surface area contributed by atoms with Crippen LogP contribution < -0.4 is 15.4 Å². The van der Waals surface area contributed by atoms with Crippen molar-refractivity contribution in [2.75, 3.05) is 10.6 Å². The average Bonchev–Trinajstić information content (AvgIpc) is 2.77. The molecular weight excluding hydrogens is 419 g/mol. The van der Waals surface area contributed by atoms with Gasteiger partial charge in [-0.15, -0.1) is 13.2 Å². The maximum absolute atomic E-state index is 12.3. The van der Waals surface area contributed by atoms with Crippen LogP contribution >= 0.6 is 0 Å². The number of aromatic nitrogens is 1. The number of rotatable bonds is 9. The van der Waals surface area contributed by atoms with Crippen LogP contribution in [0.1, 0.15) is 31.7 Å². The normalized spacial score (nSPS) is 11.1. The molecule has 8 heteroatoms. The predicted octanol–water partition coefficient (Wildman–Crippen LogP) is 6.39. The number of hydrogen-bond acceptors (Lipinski definition) is 4. The number of benzene rings is 2. The highest BCUT2D eigenvalue weighted by molar-refractivity contribution is 5.93. The van der Waals surface area contributed by atoms with Gasteiger partial charge in [-0.05, 0) is 47.4 Å². The summed E-state index contributed by atoms with van der Waals surface area (Å²) in [6.45, 7) is 2.53. The molecule has 0 saturated carbocycles. The van der Waals surface area contributed by atoms with Crippen molar-refractivity contribution in [3.8, 4) is 16.9 Å². The molecule has 1 heterocycles. The van der Waals surface area contributed by atoms with Crippen molar-refractivity contribution < 1.29 is 22.7 Å². The van der Waals surface area contributed by atoms with Crippen LogP contribution in [0.2, 0.25) is 0 Å². The lowest BCUT2D eigenvalue weighted by Gasteiger charge is -2.12. The summed E-state index contributed by atoms with van der Waals surface area (Å²) in [6, 6.07) is 16.9. The van der Waals surface area contributed by atoms with Crippen LogP contribution in [-0.2, 0) is 11.3 Å². The Hall–Kier alpha value is -3.55. The first-order chi connectivity index (χ1) is 15.3. The lowest BCUT2D eigenvalue weighted by molar-refractivity contribution is -0.274. The van der Waals surface area contributed by atoms with Crippen molar-refractivity contribution in [3.05, 3.63) is 72.4 Å². The zero-order valence-corrected chi connectivity index (χ0v) is 17.6. The Kier molecular flexibility index (Phi) is 7.70. The molecule has 0 aliphatic heterocycles. The zero-order chi connectivity index (χ0) is 23.0. The van der Waals surface area contributed by atoms with Gasteiger partial charge in [-0.3, -0.25) is 4.79 Å². The number of carbonyl (C=O) groups is 1. The molecule has 0 radical (unpaired) electrons. The summed E-state index contributed by atoms with van der Waals surface area (Å²) >= 11 is 0. The Morgan fingerprint density at radius 3 is 2.28 bits per heavy atom. The third-order valence-corrected chi connectivity index (χ3v) is 4.67. The molecule has 0 bridgehead atoms. The van der Waals surface area contributed by atoms with Crippen molar-refractivity contribution in [1.29, 1.82) is 0 Å². The molecule has 2 N–H and O–H groups in total. The highest BCUT2D eigenvalue weighted by atomic mass is 19.4. The first kappa shape index (κ1) is 23.1. The van der Waals surface area contributed by atoms with Gasteiger partial charge in [-0.25, -0.2) is 4.98 Å². The van der Waals surface area contributed by atoms with Gasteiger partial charge in [0.05, 0.1) is 5.69 Å². The molecule has 0 fully saturated rings. The van der Waals surface area contributed by atoms with E-state index in [1.165, 1.54) is 12.1 Å². The number of pyridine rings is 1. The topological polar surface area (TPSA) is 63.2 Å². The van der Waals surface area contributed by atoms with Gasteiger partial charge in [0.15, 0.2) is 0 Å². The van der Waals surface area contributed by atoms with Crippen molar-refractivity contribution in [2.45, 2.75) is 39.1 Å². The highest BCUT2D eigenvalue weighted by Gasteiger charge is 2.30. The van der Waals surface area contributed by atoms with E-state index in [-0.39, 0.29) is 11.7 Å². The van der Waals surface area contributed by atoms with E-state index in [2.05, 4.69) is 20.4 Å². The molecule has 168 valence electrons. The van der Waals surface area contributed by atoms with Gasteiger partial charge in [0.1, 0.15) is 11.6 Å². The smallest absolute Gasteiger partial charge is 0.406 e. The molecule has 2 aromatic carbocycles. The summed E-state index contributed by atoms with van der Waals surface area (Å²) in [5, 5.41) is 6.12. The molecule has 3 aromatic rings. The number of unbranched alkanes of at least 4 members (excludes halogenated alkanes) is 1. The van der Waals surface area contributed by atoms with Gasteiger partial charge in [0, 0.05) is 19.2 Å². The van der Waals surface area contributed by atoms with E-state index in [1.807, 2.05) is 31.2 Å². The summed E-state index contributed by atoms with van der Waals surface area (Å²) < 4.78 is 40.8. The summed E-state index contributed by atoms with van der Waals surface area (Å²) in [5.74, 6) is 0.288. The minimum Gasteiger partial charge on any atom is -0.406 e. The van der Waals surface area contributed by atoms with Gasteiger partial charge in [0.25, 0.3) is 0 Å². The van der Waals surface area contributed by atoms with Crippen LogP contribution in [-0.4, -0.2) is 17.3 Å². The molecule has 0 atom stereocenters. The fraction of sp³-hybridized carbons (Fsp3) is 0.250. The molecule has 0 aliphatic carbocycles. The summed E-state index contributed by atoms with van der Waals surface area (Å²) in [7, 11) is 0. The van der Waals surface area contributed by atoms with Crippen molar-refractivity contribution in [3.63, 3.8) is 0 Å². The van der Waals surface area contributed by atoms with Gasteiger partial charge in [0.2, 0.25) is 5.91 Å². The SMILES string of the molecule is CCCCC(=O)Nc1cccnc1NCc1ccc(-c2ccc(OC(F)(F)F)cc2)cc1. The van der Waals surface area contributed by atoms with Crippen LogP contribution in [0.15, 0.2) is 66.9 Å². The number of ether oxygens (including phenoxy) is 1. The molecule has 0 aliphatic rings. The third-order valence-electron chi connectivity index (χ3n) is 4.67. The number of alkyl halides is 3. The quantitative estimate of drug-likeness (QED) is 0.402. The molecule has 0 unspecified atom stereocenters. The van der Waals surface area contributed by atoms with Gasteiger partial charge >= 0.3 is 6.36 Å². The second-order valence-corrected chi connectivity index (χ2v) is 7.17. The van der Waals surface area contributed by atoms with E-state index < -0.39 is 6.36 Å². The number of carbonyl (C=O) groups excluding carboxylic acids is 1. The number of anilines is 2. The summed E-state index contributed by atoms with van der Waals surface area (Å²) in [6.07, 6.45) is -0.802. The molecule has 0 spiro atoms. The second kappa shape index (κ2) is 10.7. The van der Waals surface area contributed by atoms with Crippen molar-refractivity contribution in [2.24, 2.45) is 0 Å². The van der Waals surface area contributed by atoms with Gasteiger partial charge in [-0.1, -0.05) is 49.7 Å². The fourth-order valence-electron chi connectivity index (χ4n) is 3.05. The Balaban J connectivity index is 1.60. The van der Waals surface area contributed by atoms with Crippen LogP contribution in [0.25, 0.3) is 11.1 Å². The number of amides is 1. The minimum atomic E-state index is -4.71. The maximum atomic E-state index is 12.3. The van der Waals surface area contributed by atoms with Crippen molar-refractivity contribution in [1.82, 2.24) is 4.98 Å². The number of nitrogens with one attached hydrogen (secondary N) is 2. The van der Waals surface area contributed by atoms with Gasteiger partial charge in [-0.2, -0.15) is 0 Å². The van der Waals surface area contributed by atoms with Gasteiger partial charge < -0.3 is 15.4 Å². The number of halogens is 3. The molecule has 1 aromatic heterocycles. The molecular formula is C24H24F3N3O2. The monoisotopic (exact) mass is 443 g/mol. The van der Waals surface area contributed by atoms with Crippen LogP contribution in [0.5, 0.6) is 5.75 Å². The first-order valence-electron chi connectivity index (χ1n) is 10.3. The summed E-state index contributed by atoms with van der Waals surface area (Å²) in [5.41, 5.74) is 3.26. The Morgan fingerprint density at radius 1 is 1.00 bits per heavy atom. The molecule has 32 heavy (non-hydrogen) atoms. The molecule has 1 amide bonds. The Bertz CT molecular complexity index is 1020. The van der Waals surface area contributed by atoms with Crippen LogP contribution in [0.4, 0.5) is 24.7 Å². The Labute approximate surface area is 184 Å². The standard InChI is InChI=1S/C24H24F3N3O2/c1-2-3-6-22(31)30-21-5-4-15-28-23(21)29-16-17-7-9-18(10-8-17)19-11-13-20(14-12-19)32-24(25,26)27/h4-5,7-15H,2-3,6,16H2,1H3,(H,28,29)(H,30,31). The number of hydrogen-bond donors (Lipinski definition) is 2. The average molecular weight is 443 g/mol. The largest absolute Gasteiger partial charge is 0.573 e. The Morgan fingerprint density at radius 2 is 1.66 bits per heavy atom. The minimum absolute atomic E-state index is 0.0427. The van der Waals surface area contributed by atoms with E-state index in [9.17, 15) is 18.0 Å². The van der Waals surface area contributed by atoms with E-state index in [0.717, 1.165) is 29.5 Å². The fourth-order valence-corrected chi connectivity index (χ4v) is 3.05. The lowest BCUT2D eigenvalue weighted by atomic mass is 10.0. The lowest BCUT2D eigenvalue weighted by Crippen LogP contribution is -2.16. The van der Waals surface area contributed by atoms with Crippen LogP contribution in [0, 0.1) is 0 Å². The maximum Gasteiger partial charge on any atom is 0.573 e. The predicted molar refractivity (Wildman–Crippen MR) is 118 cm³/mol. The van der Waals surface area contributed by atoms with E-state index in [4.69, 9.17) is 0 Å². The molecule has 3 rings (SSSR count). The first-order valence-corrected chi connectivity index (χ1v) is 10.3.